The number of esters is 1. The molecular formula is C15H17N3O5. The third kappa shape index (κ3) is 3.79. The van der Waals surface area contributed by atoms with Gasteiger partial charge in [0, 0.05) is 5.69 Å². The van der Waals surface area contributed by atoms with E-state index in [1.807, 2.05) is 0 Å². The molecule has 0 bridgehead atoms. The first kappa shape index (κ1) is 16.3. The molecule has 1 atom stereocenters. The molecule has 2 aromatic rings. The van der Waals surface area contributed by atoms with Crippen molar-refractivity contribution in [2.45, 2.75) is 20.0 Å². The number of aromatic nitrogens is 1. The number of carbonyl (C=O) groups is 2. The lowest BCUT2D eigenvalue weighted by atomic mass is 10.2. The quantitative estimate of drug-likeness (QED) is 0.806. The summed E-state index contributed by atoms with van der Waals surface area (Å²) in [5.41, 5.74) is 6.38. The van der Waals surface area contributed by atoms with E-state index in [1.54, 1.807) is 38.3 Å². The highest BCUT2D eigenvalue weighted by molar-refractivity contribution is 5.99. The van der Waals surface area contributed by atoms with E-state index in [1.165, 1.54) is 6.92 Å². The molecule has 122 valence electrons. The van der Waals surface area contributed by atoms with E-state index in [0.29, 0.717) is 17.1 Å². The smallest absolute Gasteiger partial charge is 0.346 e. The second kappa shape index (κ2) is 6.82. The van der Waals surface area contributed by atoms with Crippen molar-refractivity contribution in [1.82, 2.24) is 5.16 Å². The first-order valence-electron chi connectivity index (χ1n) is 6.80. The Morgan fingerprint density at radius 1 is 1.30 bits per heavy atom. The second-order valence-corrected chi connectivity index (χ2v) is 4.77. The van der Waals surface area contributed by atoms with Gasteiger partial charge in [-0.1, -0.05) is 5.16 Å². The Hall–Kier alpha value is -3.03. The van der Waals surface area contributed by atoms with Crippen LogP contribution in [0.5, 0.6) is 5.75 Å². The van der Waals surface area contributed by atoms with E-state index in [0.717, 1.165) is 0 Å². The summed E-state index contributed by atoms with van der Waals surface area (Å²) < 4.78 is 14.8. The number of aryl methyl sites for hydroxylation is 1. The van der Waals surface area contributed by atoms with Crippen LogP contribution in [0.1, 0.15) is 23.0 Å². The zero-order chi connectivity index (χ0) is 17.0. The van der Waals surface area contributed by atoms with Crippen LogP contribution < -0.4 is 15.8 Å². The number of hydrogen-bond acceptors (Lipinski definition) is 7. The van der Waals surface area contributed by atoms with Crippen LogP contribution >= 0.6 is 0 Å². The predicted octanol–water partition coefficient (Wildman–Crippen LogP) is 1.76. The maximum atomic E-state index is 12.1. The van der Waals surface area contributed by atoms with Crippen molar-refractivity contribution in [3.05, 3.63) is 35.5 Å². The summed E-state index contributed by atoms with van der Waals surface area (Å²) in [6.45, 7) is 3.01. The van der Waals surface area contributed by atoms with Crippen molar-refractivity contribution in [3.63, 3.8) is 0 Å². The Bertz CT molecular complexity index is 689. The van der Waals surface area contributed by atoms with Crippen LogP contribution in [0.2, 0.25) is 0 Å². The maximum absolute atomic E-state index is 12.1. The maximum Gasteiger partial charge on any atom is 0.346 e. The molecule has 8 heteroatoms. The van der Waals surface area contributed by atoms with Crippen molar-refractivity contribution >= 4 is 23.4 Å². The van der Waals surface area contributed by atoms with E-state index in [2.05, 4.69) is 10.5 Å². The molecule has 0 aliphatic heterocycles. The van der Waals surface area contributed by atoms with Crippen LogP contribution in [0, 0.1) is 6.92 Å². The number of nitrogens with zero attached hydrogens (tertiary/aromatic N) is 1. The Morgan fingerprint density at radius 2 is 1.96 bits per heavy atom. The SMILES string of the molecule is COc1ccc(NC(=O)C(C)OC(=O)c2c(C)noc2N)cc1. The first-order valence-corrected chi connectivity index (χ1v) is 6.80. The number of anilines is 2. The van der Waals surface area contributed by atoms with Crippen molar-refractivity contribution in [1.29, 1.82) is 0 Å². The fourth-order valence-electron chi connectivity index (χ4n) is 1.83. The first-order chi connectivity index (χ1) is 10.9. The van der Waals surface area contributed by atoms with Gasteiger partial charge in [0.05, 0.1) is 12.8 Å². The van der Waals surface area contributed by atoms with Gasteiger partial charge in [-0.15, -0.1) is 0 Å². The molecule has 8 nitrogen and oxygen atoms in total. The second-order valence-electron chi connectivity index (χ2n) is 4.77. The zero-order valence-electron chi connectivity index (χ0n) is 13.0. The molecule has 1 amide bonds. The van der Waals surface area contributed by atoms with Gasteiger partial charge < -0.3 is 25.0 Å². The average Bonchev–Trinajstić information content (AvgIpc) is 2.86. The molecule has 1 heterocycles. The molecule has 2 rings (SSSR count). The van der Waals surface area contributed by atoms with Gasteiger partial charge in [0.15, 0.2) is 6.10 Å². The molecule has 1 unspecified atom stereocenters. The molecule has 1 aromatic carbocycles. The van der Waals surface area contributed by atoms with Gasteiger partial charge in [-0.3, -0.25) is 4.79 Å². The third-order valence-electron chi connectivity index (χ3n) is 3.10. The lowest BCUT2D eigenvalue weighted by Gasteiger charge is -2.13. The van der Waals surface area contributed by atoms with E-state index in [-0.39, 0.29) is 11.4 Å². The number of methoxy groups -OCH3 is 1. The van der Waals surface area contributed by atoms with E-state index in [9.17, 15) is 9.59 Å². The standard InChI is InChI=1S/C15H17N3O5/c1-8-12(13(16)23-18-8)15(20)22-9(2)14(19)17-10-4-6-11(21-3)7-5-10/h4-7,9H,16H2,1-3H3,(H,17,19). The Labute approximate surface area is 132 Å². The molecule has 1 aromatic heterocycles. The summed E-state index contributed by atoms with van der Waals surface area (Å²) in [4.78, 5) is 24.1. The minimum Gasteiger partial charge on any atom is -0.497 e. The molecule has 0 aliphatic carbocycles. The average molecular weight is 319 g/mol. The van der Waals surface area contributed by atoms with Crippen LogP contribution in [0.15, 0.2) is 28.8 Å². The largest absolute Gasteiger partial charge is 0.497 e. The van der Waals surface area contributed by atoms with Gasteiger partial charge in [0.1, 0.15) is 11.3 Å². The van der Waals surface area contributed by atoms with Crippen LogP contribution in [-0.4, -0.2) is 30.2 Å². The highest BCUT2D eigenvalue weighted by atomic mass is 16.5. The summed E-state index contributed by atoms with van der Waals surface area (Å²) in [7, 11) is 1.55. The summed E-state index contributed by atoms with van der Waals surface area (Å²) in [6, 6.07) is 6.75. The molecular weight excluding hydrogens is 302 g/mol. The monoisotopic (exact) mass is 319 g/mol. The van der Waals surface area contributed by atoms with Crippen molar-refractivity contribution in [3.8, 4) is 5.75 Å². The summed E-state index contributed by atoms with van der Waals surface area (Å²) in [6.07, 6.45) is -1.02. The number of benzene rings is 1. The summed E-state index contributed by atoms with van der Waals surface area (Å²) >= 11 is 0. The Morgan fingerprint density at radius 3 is 2.48 bits per heavy atom. The van der Waals surface area contributed by atoms with E-state index < -0.39 is 18.0 Å². The number of amides is 1. The summed E-state index contributed by atoms with van der Waals surface area (Å²) in [5, 5.41) is 6.19. The van der Waals surface area contributed by atoms with E-state index in [4.69, 9.17) is 19.7 Å². The minimum absolute atomic E-state index is 0.0223. The normalized spacial score (nSPS) is 11.6. The topological polar surface area (TPSA) is 117 Å². The molecule has 0 aliphatic rings. The molecule has 0 saturated carbocycles. The number of carbonyl (C=O) groups excluding carboxylic acids is 2. The number of nitrogens with two attached hydrogens (primary N) is 1. The molecule has 3 N–H and O–H groups in total. The van der Waals surface area contributed by atoms with Gasteiger partial charge >= 0.3 is 5.97 Å². The molecule has 0 spiro atoms. The highest BCUT2D eigenvalue weighted by Crippen LogP contribution is 2.18. The van der Waals surface area contributed by atoms with E-state index >= 15 is 0 Å². The van der Waals surface area contributed by atoms with Gasteiger partial charge in [-0.25, -0.2) is 4.79 Å². The highest BCUT2D eigenvalue weighted by Gasteiger charge is 2.24. The van der Waals surface area contributed by atoms with Crippen LogP contribution in [0.4, 0.5) is 11.6 Å². The zero-order valence-corrected chi connectivity index (χ0v) is 13.0. The fourth-order valence-corrected chi connectivity index (χ4v) is 1.83. The Kier molecular flexibility index (Phi) is 4.85. The van der Waals surface area contributed by atoms with Crippen molar-refractivity contribution in [2.24, 2.45) is 0 Å². The molecule has 23 heavy (non-hydrogen) atoms. The van der Waals surface area contributed by atoms with Crippen LogP contribution in [0.3, 0.4) is 0 Å². The Balaban J connectivity index is 1.98. The number of hydrogen-bond donors (Lipinski definition) is 2. The number of rotatable bonds is 5. The van der Waals surface area contributed by atoms with Crippen LogP contribution in [-0.2, 0) is 9.53 Å². The number of nitrogen functional groups attached to an aromatic ring is 1. The molecule has 0 saturated heterocycles. The molecule has 0 radical (unpaired) electrons. The minimum atomic E-state index is -1.02. The van der Waals surface area contributed by atoms with Crippen LogP contribution in [0.25, 0.3) is 0 Å². The van der Waals surface area contributed by atoms with Gasteiger partial charge in [-0.2, -0.15) is 0 Å². The third-order valence-corrected chi connectivity index (χ3v) is 3.10. The van der Waals surface area contributed by atoms with Crippen molar-refractivity contribution < 1.29 is 23.6 Å². The van der Waals surface area contributed by atoms with Crippen molar-refractivity contribution in [2.75, 3.05) is 18.2 Å². The van der Waals surface area contributed by atoms with Gasteiger partial charge in [-0.05, 0) is 38.1 Å². The lowest BCUT2D eigenvalue weighted by Crippen LogP contribution is -2.30. The van der Waals surface area contributed by atoms with Gasteiger partial charge in [0.2, 0.25) is 5.88 Å². The number of ether oxygens (including phenoxy) is 2. The lowest BCUT2D eigenvalue weighted by molar-refractivity contribution is -0.123. The molecule has 0 fully saturated rings. The van der Waals surface area contributed by atoms with Gasteiger partial charge in [0.25, 0.3) is 5.91 Å². The fraction of sp³-hybridized carbons (Fsp3) is 0.267. The summed E-state index contributed by atoms with van der Waals surface area (Å²) in [5.74, 6) is -0.717. The number of nitrogens with one attached hydrogen (secondary N) is 1. The predicted molar refractivity (Wildman–Crippen MR) is 82.2 cm³/mol.